The summed E-state index contributed by atoms with van der Waals surface area (Å²) in [6, 6.07) is 10.8. The lowest BCUT2D eigenvalue weighted by Crippen LogP contribution is -2.22. The quantitative estimate of drug-likeness (QED) is 0.876. The van der Waals surface area contributed by atoms with Gasteiger partial charge in [-0.2, -0.15) is 0 Å². The molecule has 0 aliphatic carbocycles. The number of aromatic nitrogens is 1. The van der Waals surface area contributed by atoms with Crippen molar-refractivity contribution >= 4 is 11.3 Å². The maximum absolute atomic E-state index is 9.69. The van der Waals surface area contributed by atoms with Gasteiger partial charge in [0.1, 0.15) is 5.60 Å². The van der Waals surface area contributed by atoms with E-state index in [0.29, 0.717) is 6.04 Å². The van der Waals surface area contributed by atoms with Gasteiger partial charge in [-0.15, -0.1) is 11.3 Å². The highest BCUT2D eigenvalue weighted by atomic mass is 32.1. The van der Waals surface area contributed by atoms with Crippen molar-refractivity contribution in [3.05, 3.63) is 52.0 Å². The number of rotatable bonds is 3. The van der Waals surface area contributed by atoms with Crippen LogP contribution < -0.4 is 0 Å². The molecule has 1 N–H and O–H groups in total. The summed E-state index contributed by atoms with van der Waals surface area (Å²) in [6.07, 6.45) is 4.27. The molecule has 0 saturated carbocycles. The highest BCUT2D eigenvalue weighted by Gasteiger charge is 2.27. The topological polar surface area (TPSA) is 36.4 Å². The molecule has 1 aliphatic heterocycles. The SMILES string of the molecule is CC(C)(O)C#Cc1ccc(CN2CCC[C@H]2c2ccccn2)s1. The van der Waals surface area contributed by atoms with E-state index in [1.165, 1.54) is 23.4 Å². The van der Waals surface area contributed by atoms with Crippen molar-refractivity contribution in [2.45, 2.75) is 44.9 Å². The minimum Gasteiger partial charge on any atom is -0.378 e. The molecule has 0 unspecified atom stereocenters. The maximum atomic E-state index is 9.69. The molecular weight excluding hydrogens is 304 g/mol. The summed E-state index contributed by atoms with van der Waals surface area (Å²) >= 11 is 1.71. The molecule has 0 bridgehead atoms. The molecule has 3 nitrogen and oxygen atoms in total. The summed E-state index contributed by atoms with van der Waals surface area (Å²) in [5, 5.41) is 9.69. The van der Waals surface area contributed by atoms with E-state index in [2.05, 4.69) is 39.9 Å². The highest BCUT2D eigenvalue weighted by molar-refractivity contribution is 7.12. The van der Waals surface area contributed by atoms with Crippen LogP contribution in [0.5, 0.6) is 0 Å². The van der Waals surface area contributed by atoms with E-state index in [9.17, 15) is 5.11 Å². The first-order valence-electron chi connectivity index (χ1n) is 8.00. The van der Waals surface area contributed by atoms with Gasteiger partial charge >= 0.3 is 0 Å². The molecule has 2 aromatic heterocycles. The van der Waals surface area contributed by atoms with Crippen molar-refractivity contribution < 1.29 is 5.11 Å². The van der Waals surface area contributed by atoms with Crippen LogP contribution in [0.25, 0.3) is 0 Å². The molecule has 0 amide bonds. The first kappa shape index (κ1) is 16.2. The molecule has 3 heterocycles. The summed E-state index contributed by atoms with van der Waals surface area (Å²) in [4.78, 5) is 9.35. The normalized spacial score (nSPS) is 18.7. The van der Waals surface area contributed by atoms with Gasteiger partial charge in [0.15, 0.2) is 0 Å². The van der Waals surface area contributed by atoms with Crippen LogP contribution in [0.1, 0.15) is 48.2 Å². The first-order valence-corrected chi connectivity index (χ1v) is 8.82. The van der Waals surface area contributed by atoms with E-state index in [0.717, 1.165) is 18.0 Å². The number of aliphatic hydroxyl groups is 1. The van der Waals surface area contributed by atoms with Gasteiger partial charge in [0.25, 0.3) is 0 Å². The van der Waals surface area contributed by atoms with E-state index in [-0.39, 0.29) is 0 Å². The van der Waals surface area contributed by atoms with Crippen molar-refractivity contribution in [1.82, 2.24) is 9.88 Å². The zero-order valence-electron chi connectivity index (χ0n) is 13.6. The van der Waals surface area contributed by atoms with Crippen molar-refractivity contribution in [3.63, 3.8) is 0 Å². The van der Waals surface area contributed by atoms with Gasteiger partial charge in [-0.3, -0.25) is 9.88 Å². The Kier molecular flexibility index (Phi) is 4.82. The molecule has 120 valence electrons. The lowest BCUT2D eigenvalue weighted by atomic mass is 10.1. The smallest absolute Gasteiger partial charge is 0.120 e. The Labute approximate surface area is 142 Å². The Morgan fingerprint density at radius 2 is 2.22 bits per heavy atom. The fourth-order valence-electron chi connectivity index (χ4n) is 2.87. The summed E-state index contributed by atoms with van der Waals surface area (Å²) in [5.41, 5.74) is 0.229. The molecule has 1 atom stereocenters. The van der Waals surface area contributed by atoms with Crippen LogP contribution in [0.3, 0.4) is 0 Å². The lowest BCUT2D eigenvalue weighted by molar-refractivity contribution is 0.143. The Bertz CT molecular complexity index is 706. The van der Waals surface area contributed by atoms with Crippen LogP contribution in [0.4, 0.5) is 0 Å². The molecule has 1 aliphatic rings. The van der Waals surface area contributed by atoms with Crippen molar-refractivity contribution in [2.75, 3.05) is 6.54 Å². The monoisotopic (exact) mass is 326 g/mol. The summed E-state index contributed by atoms with van der Waals surface area (Å²) in [6.45, 7) is 5.46. The first-order chi connectivity index (χ1) is 11.0. The molecule has 0 spiro atoms. The fraction of sp³-hybridized carbons (Fsp3) is 0.421. The number of thiophene rings is 1. The van der Waals surface area contributed by atoms with Gasteiger partial charge in [0, 0.05) is 17.6 Å². The van der Waals surface area contributed by atoms with Gasteiger partial charge in [-0.05, 0) is 57.5 Å². The molecule has 1 fully saturated rings. The van der Waals surface area contributed by atoms with Crippen LogP contribution in [-0.4, -0.2) is 27.1 Å². The Balaban J connectivity index is 1.69. The molecular formula is C19H22N2OS. The van der Waals surface area contributed by atoms with Gasteiger partial charge < -0.3 is 5.11 Å². The second kappa shape index (κ2) is 6.84. The molecule has 2 aromatic rings. The molecule has 0 radical (unpaired) electrons. The summed E-state index contributed by atoms with van der Waals surface area (Å²) in [7, 11) is 0. The Morgan fingerprint density at radius 1 is 1.35 bits per heavy atom. The van der Waals surface area contributed by atoms with E-state index >= 15 is 0 Å². The highest BCUT2D eigenvalue weighted by Crippen LogP contribution is 2.33. The number of hydrogen-bond donors (Lipinski definition) is 1. The fourth-order valence-corrected chi connectivity index (χ4v) is 3.76. The molecule has 4 heteroatoms. The van der Waals surface area contributed by atoms with Crippen LogP contribution in [0, 0.1) is 11.8 Å². The minimum atomic E-state index is -0.941. The van der Waals surface area contributed by atoms with Crippen LogP contribution in [0.15, 0.2) is 36.5 Å². The van der Waals surface area contributed by atoms with Crippen molar-refractivity contribution in [3.8, 4) is 11.8 Å². The van der Waals surface area contributed by atoms with Crippen LogP contribution in [-0.2, 0) is 6.54 Å². The number of likely N-dealkylation sites (tertiary alicyclic amines) is 1. The predicted molar refractivity (Wildman–Crippen MR) is 94.1 cm³/mol. The van der Waals surface area contributed by atoms with Crippen molar-refractivity contribution in [2.24, 2.45) is 0 Å². The van der Waals surface area contributed by atoms with Gasteiger partial charge in [-0.25, -0.2) is 0 Å². The van der Waals surface area contributed by atoms with E-state index < -0.39 is 5.60 Å². The molecule has 3 rings (SSSR count). The molecule has 0 aromatic carbocycles. The molecule has 1 saturated heterocycles. The van der Waals surface area contributed by atoms with Gasteiger partial charge in [0.05, 0.1) is 16.6 Å². The van der Waals surface area contributed by atoms with Crippen LogP contribution in [0.2, 0.25) is 0 Å². The van der Waals surface area contributed by atoms with Crippen molar-refractivity contribution in [1.29, 1.82) is 0 Å². The Hall–Kier alpha value is -1.67. The minimum absolute atomic E-state index is 0.421. The zero-order chi connectivity index (χ0) is 16.3. The van der Waals surface area contributed by atoms with E-state index in [1.807, 2.05) is 18.3 Å². The third kappa shape index (κ3) is 4.42. The predicted octanol–water partition coefficient (Wildman–Crippen LogP) is 3.60. The third-order valence-corrected chi connectivity index (χ3v) is 4.89. The van der Waals surface area contributed by atoms with Gasteiger partial charge in [0.2, 0.25) is 0 Å². The molecule has 23 heavy (non-hydrogen) atoms. The standard InChI is InChI=1S/C19H22N2OS/c1-19(2,22)11-10-15-8-9-16(23-15)14-21-13-5-7-18(21)17-6-3-4-12-20-17/h3-4,6,8-9,12,18,22H,5,7,13-14H2,1-2H3/t18-/m0/s1. The zero-order valence-corrected chi connectivity index (χ0v) is 14.4. The Morgan fingerprint density at radius 3 is 2.96 bits per heavy atom. The van der Waals surface area contributed by atoms with E-state index in [4.69, 9.17) is 0 Å². The summed E-state index contributed by atoms with van der Waals surface area (Å²) in [5.74, 6) is 5.93. The largest absolute Gasteiger partial charge is 0.378 e. The van der Waals surface area contributed by atoms with Crippen LogP contribution >= 0.6 is 11.3 Å². The third-order valence-electron chi connectivity index (χ3n) is 3.91. The summed E-state index contributed by atoms with van der Waals surface area (Å²) < 4.78 is 0. The average molecular weight is 326 g/mol. The van der Waals surface area contributed by atoms with E-state index in [1.54, 1.807) is 25.2 Å². The average Bonchev–Trinajstić information content (AvgIpc) is 3.15. The number of pyridine rings is 1. The maximum Gasteiger partial charge on any atom is 0.120 e. The second-order valence-electron chi connectivity index (χ2n) is 6.46. The lowest BCUT2D eigenvalue weighted by Gasteiger charge is -2.23. The second-order valence-corrected chi connectivity index (χ2v) is 7.63. The van der Waals surface area contributed by atoms with Gasteiger partial charge in [-0.1, -0.05) is 17.9 Å². The number of nitrogens with zero attached hydrogens (tertiary/aromatic N) is 2. The number of hydrogen-bond acceptors (Lipinski definition) is 4.